The van der Waals surface area contributed by atoms with Gasteiger partial charge in [-0.15, -0.1) is 0 Å². The van der Waals surface area contributed by atoms with Gasteiger partial charge in [-0.25, -0.2) is 8.78 Å². The van der Waals surface area contributed by atoms with Crippen molar-refractivity contribution in [2.75, 3.05) is 0 Å². The Bertz CT molecular complexity index is 370. The van der Waals surface area contributed by atoms with Gasteiger partial charge in [0.2, 0.25) is 0 Å². The molecule has 0 amide bonds. The van der Waals surface area contributed by atoms with Crippen LogP contribution in [-0.2, 0) is 5.60 Å². The fourth-order valence-corrected chi connectivity index (χ4v) is 1.91. The van der Waals surface area contributed by atoms with Crippen LogP contribution in [0.5, 0.6) is 0 Å². The highest BCUT2D eigenvalue weighted by molar-refractivity contribution is 5.25. The molecule has 1 N–H and O–H groups in total. The minimum Gasteiger partial charge on any atom is -0.385 e. The molecule has 82 valence electrons. The maximum absolute atomic E-state index is 13.4. The zero-order valence-electron chi connectivity index (χ0n) is 8.63. The second-order valence-corrected chi connectivity index (χ2v) is 4.52. The van der Waals surface area contributed by atoms with Gasteiger partial charge in [0.25, 0.3) is 0 Å². The van der Waals surface area contributed by atoms with Gasteiger partial charge in [-0.05, 0) is 25.3 Å². The summed E-state index contributed by atoms with van der Waals surface area (Å²) in [7, 11) is 0. The van der Waals surface area contributed by atoms with Gasteiger partial charge in [-0.3, -0.25) is 0 Å². The Morgan fingerprint density at radius 1 is 1.40 bits per heavy atom. The monoisotopic (exact) mass is 212 g/mol. The summed E-state index contributed by atoms with van der Waals surface area (Å²) in [6.07, 6.45) is 2.66. The van der Waals surface area contributed by atoms with Gasteiger partial charge >= 0.3 is 0 Å². The largest absolute Gasteiger partial charge is 0.385 e. The molecule has 1 saturated carbocycles. The average molecular weight is 212 g/mol. The maximum atomic E-state index is 13.4. The van der Waals surface area contributed by atoms with E-state index in [0.717, 1.165) is 18.9 Å². The van der Waals surface area contributed by atoms with E-state index in [0.29, 0.717) is 12.3 Å². The Morgan fingerprint density at radius 3 is 2.67 bits per heavy atom. The zero-order chi connectivity index (χ0) is 11.1. The Kier molecular flexibility index (Phi) is 2.51. The summed E-state index contributed by atoms with van der Waals surface area (Å²) in [6, 6.07) is 3.93. The lowest BCUT2D eigenvalue weighted by Crippen LogP contribution is -2.24. The minimum atomic E-state index is -1.26. The van der Waals surface area contributed by atoms with E-state index in [-0.39, 0.29) is 5.56 Å². The van der Waals surface area contributed by atoms with E-state index in [1.54, 1.807) is 6.92 Å². The van der Waals surface area contributed by atoms with Crippen molar-refractivity contribution in [1.82, 2.24) is 0 Å². The standard InChI is InChI=1S/C12H14F2O/c1-12(15,7-8-5-6-8)9-3-2-4-10(13)11(9)14/h2-4,8,15H,5-7H2,1H3. The van der Waals surface area contributed by atoms with Crippen LogP contribution in [0.25, 0.3) is 0 Å². The number of rotatable bonds is 3. The average Bonchev–Trinajstić information content (AvgIpc) is 2.92. The molecular formula is C12H14F2O. The topological polar surface area (TPSA) is 20.2 Å². The van der Waals surface area contributed by atoms with Crippen LogP contribution in [0.2, 0.25) is 0 Å². The molecule has 1 aromatic rings. The molecule has 0 radical (unpaired) electrons. The molecule has 1 aromatic carbocycles. The molecular weight excluding hydrogens is 198 g/mol. The molecule has 0 saturated heterocycles. The van der Waals surface area contributed by atoms with Crippen LogP contribution in [0.3, 0.4) is 0 Å². The van der Waals surface area contributed by atoms with E-state index in [4.69, 9.17) is 0 Å². The quantitative estimate of drug-likeness (QED) is 0.816. The molecule has 15 heavy (non-hydrogen) atoms. The van der Waals surface area contributed by atoms with Gasteiger partial charge in [0.15, 0.2) is 11.6 Å². The zero-order valence-corrected chi connectivity index (χ0v) is 8.63. The van der Waals surface area contributed by atoms with Crippen LogP contribution < -0.4 is 0 Å². The van der Waals surface area contributed by atoms with Crippen molar-refractivity contribution >= 4 is 0 Å². The predicted octanol–water partition coefficient (Wildman–Crippen LogP) is 2.97. The first-order valence-corrected chi connectivity index (χ1v) is 5.17. The highest BCUT2D eigenvalue weighted by atomic mass is 19.2. The Hall–Kier alpha value is -0.960. The summed E-state index contributed by atoms with van der Waals surface area (Å²) >= 11 is 0. The number of benzene rings is 1. The third kappa shape index (κ3) is 2.17. The molecule has 3 heteroatoms. The minimum absolute atomic E-state index is 0.0643. The van der Waals surface area contributed by atoms with E-state index in [2.05, 4.69) is 0 Å². The first-order chi connectivity index (χ1) is 7.00. The van der Waals surface area contributed by atoms with E-state index in [9.17, 15) is 13.9 Å². The fourth-order valence-electron chi connectivity index (χ4n) is 1.91. The predicted molar refractivity (Wildman–Crippen MR) is 53.3 cm³/mol. The Balaban J connectivity index is 2.29. The molecule has 1 atom stereocenters. The van der Waals surface area contributed by atoms with Gasteiger partial charge in [0.05, 0.1) is 5.60 Å². The second kappa shape index (κ2) is 3.56. The molecule has 0 spiro atoms. The Labute approximate surface area is 87.7 Å². The van der Waals surface area contributed by atoms with E-state index in [1.807, 2.05) is 0 Å². The van der Waals surface area contributed by atoms with Crippen molar-refractivity contribution in [3.05, 3.63) is 35.4 Å². The number of hydrogen-bond donors (Lipinski definition) is 1. The molecule has 1 unspecified atom stereocenters. The molecule has 0 heterocycles. The van der Waals surface area contributed by atoms with E-state index in [1.165, 1.54) is 12.1 Å². The van der Waals surface area contributed by atoms with Crippen molar-refractivity contribution in [1.29, 1.82) is 0 Å². The lowest BCUT2D eigenvalue weighted by molar-refractivity contribution is 0.0374. The molecule has 1 fully saturated rings. The molecule has 1 aliphatic carbocycles. The van der Waals surface area contributed by atoms with Crippen LogP contribution in [-0.4, -0.2) is 5.11 Å². The molecule has 1 aliphatic rings. The maximum Gasteiger partial charge on any atom is 0.164 e. The summed E-state index contributed by atoms with van der Waals surface area (Å²) < 4.78 is 26.4. The third-order valence-corrected chi connectivity index (χ3v) is 2.91. The molecule has 0 bridgehead atoms. The van der Waals surface area contributed by atoms with E-state index >= 15 is 0 Å². The molecule has 2 rings (SSSR count). The molecule has 0 aliphatic heterocycles. The lowest BCUT2D eigenvalue weighted by atomic mass is 9.90. The normalized spacial score (nSPS) is 20.0. The number of aliphatic hydroxyl groups is 1. The summed E-state index contributed by atoms with van der Waals surface area (Å²) in [5.74, 6) is -1.37. The van der Waals surface area contributed by atoms with Crippen molar-refractivity contribution in [2.45, 2.75) is 31.8 Å². The van der Waals surface area contributed by atoms with Crippen molar-refractivity contribution in [2.24, 2.45) is 5.92 Å². The van der Waals surface area contributed by atoms with Gasteiger partial charge < -0.3 is 5.11 Å². The Morgan fingerprint density at radius 2 is 2.07 bits per heavy atom. The first-order valence-electron chi connectivity index (χ1n) is 5.17. The van der Waals surface area contributed by atoms with Gasteiger partial charge in [0, 0.05) is 5.56 Å². The van der Waals surface area contributed by atoms with Crippen LogP contribution >= 0.6 is 0 Å². The highest BCUT2D eigenvalue weighted by Crippen LogP contribution is 2.41. The number of halogens is 2. The summed E-state index contributed by atoms with van der Waals surface area (Å²) in [4.78, 5) is 0. The van der Waals surface area contributed by atoms with Crippen molar-refractivity contribution in [3.63, 3.8) is 0 Å². The van der Waals surface area contributed by atoms with E-state index < -0.39 is 17.2 Å². The third-order valence-electron chi connectivity index (χ3n) is 2.91. The van der Waals surface area contributed by atoms with Crippen LogP contribution in [0, 0.1) is 17.6 Å². The fraction of sp³-hybridized carbons (Fsp3) is 0.500. The van der Waals surface area contributed by atoms with Crippen LogP contribution in [0.15, 0.2) is 18.2 Å². The van der Waals surface area contributed by atoms with Crippen molar-refractivity contribution in [3.8, 4) is 0 Å². The van der Waals surface area contributed by atoms with Crippen molar-refractivity contribution < 1.29 is 13.9 Å². The van der Waals surface area contributed by atoms with Gasteiger partial charge in [-0.2, -0.15) is 0 Å². The molecule has 1 nitrogen and oxygen atoms in total. The number of hydrogen-bond acceptors (Lipinski definition) is 1. The summed E-state index contributed by atoms with van der Waals surface area (Å²) in [5.41, 5.74) is -1.19. The SMILES string of the molecule is CC(O)(CC1CC1)c1cccc(F)c1F. The van der Waals surface area contributed by atoms with Crippen LogP contribution in [0.4, 0.5) is 8.78 Å². The summed E-state index contributed by atoms with van der Waals surface area (Å²) in [5, 5.41) is 10.1. The second-order valence-electron chi connectivity index (χ2n) is 4.52. The molecule has 0 aromatic heterocycles. The smallest absolute Gasteiger partial charge is 0.164 e. The van der Waals surface area contributed by atoms with Crippen LogP contribution in [0.1, 0.15) is 31.7 Å². The van der Waals surface area contributed by atoms with Gasteiger partial charge in [0.1, 0.15) is 0 Å². The highest BCUT2D eigenvalue weighted by Gasteiger charge is 2.35. The first kappa shape index (κ1) is 10.6. The summed E-state index contributed by atoms with van der Waals surface area (Å²) in [6.45, 7) is 1.54. The lowest BCUT2D eigenvalue weighted by Gasteiger charge is -2.24. The van der Waals surface area contributed by atoms with Gasteiger partial charge in [-0.1, -0.05) is 25.0 Å².